The largest absolute Gasteiger partial charge is 0.459 e. The van der Waals surface area contributed by atoms with Gasteiger partial charge in [0.15, 0.2) is 0 Å². The number of carbonyl (C=O) groups is 1. The smallest absolute Gasteiger partial charge is 0.342 e. The second-order valence-corrected chi connectivity index (χ2v) is 5.64. The van der Waals surface area contributed by atoms with Crippen molar-refractivity contribution >= 4 is 17.5 Å². The van der Waals surface area contributed by atoms with Crippen LogP contribution in [-0.4, -0.2) is 30.8 Å². The molecule has 1 aromatic heterocycles. The van der Waals surface area contributed by atoms with Gasteiger partial charge in [-0.25, -0.2) is 9.78 Å². The highest BCUT2D eigenvalue weighted by molar-refractivity contribution is 5.95. The van der Waals surface area contributed by atoms with Crippen LogP contribution < -0.4 is 5.32 Å². The van der Waals surface area contributed by atoms with E-state index in [1.165, 1.54) is 5.56 Å². The molecule has 0 bridgehead atoms. The zero-order valence-electron chi connectivity index (χ0n) is 14.6. The van der Waals surface area contributed by atoms with Crippen LogP contribution in [-0.2, 0) is 9.47 Å². The molecule has 0 saturated heterocycles. The minimum Gasteiger partial charge on any atom is -0.459 e. The third kappa shape index (κ3) is 4.32. The van der Waals surface area contributed by atoms with Crippen molar-refractivity contribution < 1.29 is 14.3 Å². The van der Waals surface area contributed by atoms with Crippen LogP contribution in [0.1, 0.15) is 34.8 Å². The fourth-order valence-electron chi connectivity index (χ4n) is 2.28. The monoisotopic (exact) mass is 328 g/mol. The van der Waals surface area contributed by atoms with E-state index in [4.69, 9.17) is 9.47 Å². The molecule has 1 unspecified atom stereocenters. The normalized spacial score (nSPS) is 11.8. The van der Waals surface area contributed by atoms with Crippen molar-refractivity contribution in [3.63, 3.8) is 0 Å². The molecule has 128 valence electrons. The predicted molar refractivity (Wildman–Crippen MR) is 94.8 cm³/mol. The zero-order valence-corrected chi connectivity index (χ0v) is 14.6. The molecule has 0 aliphatic carbocycles. The second-order valence-electron chi connectivity index (χ2n) is 5.64. The van der Waals surface area contributed by atoms with Gasteiger partial charge in [0, 0.05) is 19.0 Å². The topological polar surface area (TPSA) is 60.5 Å². The fraction of sp³-hybridized carbons (Fsp3) is 0.368. The molecule has 0 aliphatic heterocycles. The van der Waals surface area contributed by atoms with Crippen LogP contribution in [0.15, 0.2) is 36.5 Å². The third-order valence-electron chi connectivity index (χ3n) is 4.07. The molecule has 1 N–H and O–H groups in total. The highest BCUT2D eigenvalue weighted by Gasteiger charge is 2.16. The number of aryl methyl sites for hydroxylation is 1. The lowest BCUT2D eigenvalue weighted by Crippen LogP contribution is -2.20. The Morgan fingerprint density at radius 2 is 2.04 bits per heavy atom. The van der Waals surface area contributed by atoms with Crippen LogP contribution in [0, 0.1) is 13.8 Å². The third-order valence-corrected chi connectivity index (χ3v) is 4.07. The molecule has 0 radical (unpaired) electrons. The second kappa shape index (κ2) is 8.45. The van der Waals surface area contributed by atoms with Crippen LogP contribution in [0.5, 0.6) is 0 Å². The van der Waals surface area contributed by atoms with Gasteiger partial charge < -0.3 is 14.8 Å². The van der Waals surface area contributed by atoms with Crippen LogP contribution in [0.4, 0.5) is 11.5 Å². The van der Waals surface area contributed by atoms with Crippen molar-refractivity contribution in [3.8, 4) is 0 Å². The first-order valence-electron chi connectivity index (χ1n) is 8.05. The molecule has 1 heterocycles. The van der Waals surface area contributed by atoms with Crippen LogP contribution in [0.3, 0.4) is 0 Å². The van der Waals surface area contributed by atoms with Crippen molar-refractivity contribution in [2.24, 2.45) is 0 Å². The lowest BCUT2D eigenvalue weighted by molar-refractivity contribution is 0.00978. The van der Waals surface area contributed by atoms with E-state index in [1.807, 2.05) is 39.0 Å². The van der Waals surface area contributed by atoms with Crippen LogP contribution in [0.2, 0.25) is 0 Å². The van der Waals surface area contributed by atoms with Crippen molar-refractivity contribution in [3.05, 3.63) is 53.2 Å². The lowest BCUT2D eigenvalue weighted by atomic mass is 10.1. The number of hydrogen-bond donors (Lipinski definition) is 1. The summed E-state index contributed by atoms with van der Waals surface area (Å²) in [6.45, 7) is 6.29. The Labute approximate surface area is 143 Å². The first kappa shape index (κ1) is 17.9. The molecule has 1 atom stereocenters. The number of pyridine rings is 1. The van der Waals surface area contributed by atoms with E-state index >= 15 is 0 Å². The van der Waals surface area contributed by atoms with Gasteiger partial charge in [0.05, 0.1) is 6.10 Å². The molecule has 0 aliphatic rings. The Hall–Kier alpha value is -2.40. The van der Waals surface area contributed by atoms with Crippen LogP contribution in [0.25, 0.3) is 0 Å². The minimum absolute atomic E-state index is 0.0963. The van der Waals surface area contributed by atoms with Crippen LogP contribution >= 0.6 is 0 Å². The number of methoxy groups -OCH3 is 1. The van der Waals surface area contributed by atoms with Gasteiger partial charge in [-0.1, -0.05) is 19.1 Å². The van der Waals surface area contributed by atoms with Crippen molar-refractivity contribution in [1.82, 2.24) is 4.98 Å². The molecule has 24 heavy (non-hydrogen) atoms. The Bertz CT molecular complexity index is 697. The number of rotatable bonds is 7. The van der Waals surface area contributed by atoms with E-state index in [-0.39, 0.29) is 12.7 Å². The maximum Gasteiger partial charge on any atom is 0.342 e. The summed E-state index contributed by atoms with van der Waals surface area (Å²) in [5, 5.41) is 3.23. The molecular weight excluding hydrogens is 304 g/mol. The standard InChI is InChI=1S/C19H24N2O3/c1-5-15(23-4)12-24-19(22)16-9-7-11-20-18(16)21-17-10-6-8-13(2)14(17)3/h6-11,15H,5,12H2,1-4H3,(H,20,21). The fourth-order valence-corrected chi connectivity index (χ4v) is 2.28. The van der Waals surface area contributed by atoms with Gasteiger partial charge >= 0.3 is 5.97 Å². The van der Waals surface area contributed by atoms with E-state index < -0.39 is 5.97 Å². The maximum absolute atomic E-state index is 12.4. The predicted octanol–water partition coefficient (Wildman–Crippen LogP) is 4.02. The summed E-state index contributed by atoms with van der Waals surface area (Å²) in [4.78, 5) is 16.7. The molecule has 0 amide bonds. The highest BCUT2D eigenvalue weighted by Crippen LogP contribution is 2.24. The Morgan fingerprint density at radius 1 is 1.25 bits per heavy atom. The number of ether oxygens (including phenoxy) is 2. The number of aromatic nitrogens is 1. The number of nitrogens with zero attached hydrogens (tertiary/aromatic N) is 1. The van der Waals surface area contributed by atoms with Gasteiger partial charge in [-0.05, 0) is 49.6 Å². The lowest BCUT2D eigenvalue weighted by Gasteiger charge is -2.15. The van der Waals surface area contributed by atoms with Crippen molar-refractivity contribution in [1.29, 1.82) is 0 Å². The number of benzene rings is 1. The summed E-state index contributed by atoms with van der Waals surface area (Å²) < 4.78 is 10.6. The summed E-state index contributed by atoms with van der Waals surface area (Å²) >= 11 is 0. The quantitative estimate of drug-likeness (QED) is 0.778. The molecule has 5 nitrogen and oxygen atoms in total. The van der Waals surface area contributed by atoms with Crippen molar-refractivity contribution in [2.75, 3.05) is 19.0 Å². The maximum atomic E-state index is 12.4. The van der Waals surface area contributed by atoms with E-state index in [0.717, 1.165) is 17.7 Å². The van der Waals surface area contributed by atoms with Gasteiger partial charge in [0.25, 0.3) is 0 Å². The summed E-state index contributed by atoms with van der Waals surface area (Å²) in [5.41, 5.74) is 3.62. The van der Waals surface area contributed by atoms with E-state index in [9.17, 15) is 4.79 Å². The van der Waals surface area contributed by atoms with Crippen molar-refractivity contribution in [2.45, 2.75) is 33.3 Å². The molecule has 2 rings (SSSR count). The number of esters is 1. The van der Waals surface area contributed by atoms with Gasteiger partial charge in [-0.2, -0.15) is 0 Å². The van der Waals surface area contributed by atoms with Gasteiger partial charge in [0.1, 0.15) is 18.0 Å². The van der Waals surface area contributed by atoms with E-state index in [1.54, 1.807) is 25.4 Å². The zero-order chi connectivity index (χ0) is 17.5. The van der Waals surface area contributed by atoms with Gasteiger partial charge in [-0.15, -0.1) is 0 Å². The molecule has 0 fully saturated rings. The number of anilines is 2. The van der Waals surface area contributed by atoms with E-state index in [0.29, 0.717) is 11.4 Å². The number of carbonyl (C=O) groups excluding carboxylic acids is 1. The van der Waals surface area contributed by atoms with Gasteiger partial charge in [-0.3, -0.25) is 0 Å². The molecule has 0 saturated carbocycles. The number of hydrogen-bond acceptors (Lipinski definition) is 5. The number of nitrogens with one attached hydrogen (secondary N) is 1. The Morgan fingerprint density at radius 3 is 2.75 bits per heavy atom. The molecule has 2 aromatic rings. The molecule has 1 aromatic carbocycles. The first-order chi connectivity index (χ1) is 11.6. The summed E-state index contributed by atoms with van der Waals surface area (Å²) in [6, 6.07) is 9.40. The summed E-state index contributed by atoms with van der Waals surface area (Å²) in [7, 11) is 1.61. The molecule has 5 heteroatoms. The Balaban J connectivity index is 2.18. The average Bonchev–Trinajstić information content (AvgIpc) is 2.60. The van der Waals surface area contributed by atoms with Gasteiger partial charge in [0.2, 0.25) is 0 Å². The van der Waals surface area contributed by atoms with E-state index in [2.05, 4.69) is 10.3 Å². The summed E-state index contributed by atoms with van der Waals surface area (Å²) in [5.74, 6) is 0.0769. The Kier molecular flexibility index (Phi) is 6.32. The minimum atomic E-state index is -0.411. The SMILES string of the molecule is CCC(COC(=O)c1cccnc1Nc1cccc(C)c1C)OC. The first-order valence-corrected chi connectivity index (χ1v) is 8.05. The highest BCUT2D eigenvalue weighted by atomic mass is 16.6. The summed E-state index contributed by atoms with van der Waals surface area (Å²) in [6.07, 6.45) is 2.33. The molecule has 0 spiro atoms. The molecular formula is C19H24N2O3. The average molecular weight is 328 g/mol.